The summed E-state index contributed by atoms with van der Waals surface area (Å²) in [5.74, 6) is 0. The Morgan fingerprint density at radius 1 is 0.591 bits per heavy atom. The van der Waals surface area contributed by atoms with Gasteiger partial charge in [-0.15, -0.1) is 0 Å². The molecule has 0 radical (unpaired) electrons. The van der Waals surface area contributed by atoms with Gasteiger partial charge in [0.05, 0.1) is 12.2 Å². The standard InChI is InChI=1S/C12H22O2.2CH2O3/c1-3-7-11(8-4-1)13-14-12-9-5-2-6-10-12;2*2-1(3)4/h11-12H,1-10H2;2*(H2,2,3,4). The van der Waals surface area contributed by atoms with Crippen LogP contribution >= 0.6 is 0 Å². The van der Waals surface area contributed by atoms with E-state index in [0.29, 0.717) is 12.2 Å². The Kier molecular flexibility index (Phi) is 12.2. The smallest absolute Gasteiger partial charge is 0.450 e. The summed E-state index contributed by atoms with van der Waals surface area (Å²) in [6.45, 7) is 0. The lowest BCUT2D eigenvalue weighted by Gasteiger charge is -2.25. The highest BCUT2D eigenvalue weighted by Crippen LogP contribution is 2.24. The third kappa shape index (κ3) is 14.9. The molecule has 8 heteroatoms. The average molecular weight is 322 g/mol. The predicted octanol–water partition coefficient (Wildman–Crippen LogP) is 4.04. The van der Waals surface area contributed by atoms with Crippen molar-refractivity contribution in [2.45, 2.75) is 76.4 Å². The summed E-state index contributed by atoms with van der Waals surface area (Å²) in [7, 11) is 0. The van der Waals surface area contributed by atoms with E-state index in [0.717, 1.165) is 0 Å². The molecule has 0 aliphatic heterocycles. The molecular formula is C14H26O8. The molecule has 0 aromatic rings. The fourth-order valence-electron chi connectivity index (χ4n) is 2.48. The lowest BCUT2D eigenvalue weighted by atomic mass is 9.98. The van der Waals surface area contributed by atoms with E-state index >= 15 is 0 Å². The molecule has 2 aliphatic carbocycles. The third-order valence-corrected chi connectivity index (χ3v) is 3.43. The van der Waals surface area contributed by atoms with Crippen LogP contribution in [0.4, 0.5) is 9.59 Å². The van der Waals surface area contributed by atoms with Gasteiger partial charge in [-0.1, -0.05) is 38.5 Å². The van der Waals surface area contributed by atoms with Crippen molar-refractivity contribution in [3.63, 3.8) is 0 Å². The highest BCUT2D eigenvalue weighted by Gasteiger charge is 2.19. The van der Waals surface area contributed by atoms with Crippen LogP contribution in [0.3, 0.4) is 0 Å². The molecule has 0 unspecified atom stereocenters. The van der Waals surface area contributed by atoms with Crippen molar-refractivity contribution in [2.24, 2.45) is 0 Å². The second-order valence-electron chi connectivity index (χ2n) is 5.28. The highest BCUT2D eigenvalue weighted by molar-refractivity contribution is 5.53. The first-order valence-electron chi connectivity index (χ1n) is 7.57. The van der Waals surface area contributed by atoms with Crippen LogP contribution in [0, 0.1) is 0 Å². The minimum Gasteiger partial charge on any atom is -0.450 e. The highest BCUT2D eigenvalue weighted by atomic mass is 17.2. The van der Waals surface area contributed by atoms with Gasteiger partial charge in [-0.2, -0.15) is 0 Å². The molecule has 2 rings (SSSR count). The molecule has 4 N–H and O–H groups in total. The second-order valence-corrected chi connectivity index (χ2v) is 5.28. The van der Waals surface area contributed by atoms with Gasteiger partial charge >= 0.3 is 12.3 Å². The SMILES string of the molecule is C1CCC(OOC2CCCCC2)CC1.O=C(O)O.O=C(O)O. The Bertz CT molecular complexity index is 257. The molecule has 0 atom stereocenters. The normalized spacial score (nSPS) is 19.1. The molecule has 130 valence electrons. The van der Waals surface area contributed by atoms with Crippen molar-refractivity contribution in [1.82, 2.24) is 0 Å². The lowest BCUT2D eigenvalue weighted by Crippen LogP contribution is -2.23. The van der Waals surface area contributed by atoms with Gasteiger partial charge in [0.15, 0.2) is 0 Å². The Labute approximate surface area is 129 Å². The summed E-state index contributed by atoms with van der Waals surface area (Å²) in [6, 6.07) is 0. The fraction of sp³-hybridized carbons (Fsp3) is 0.857. The minimum atomic E-state index is -1.83. The summed E-state index contributed by atoms with van der Waals surface area (Å²) in [4.78, 5) is 28.2. The minimum absolute atomic E-state index is 0.394. The second kappa shape index (κ2) is 13.1. The van der Waals surface area contributed by atoms with Crippen LogP contribution in [0.1, 0.15) is 64.2 Å². The maximum absolute atomic E-state index is 8.56. The first-order chi connectivity index (χ1) is 10.4. The van der Waals surface area contributed by atoms with Crippen molar-refractivity contribution in [3.05, 3.63) is 0 Å². The number of hydrogen-bond donors (Lipinski definition) is 4. The molecule has 2 aliphatic rings. The zero-order chi connectivity index (χ0) is 16.8. The van der Waals surface area contributed by atoms with E-state index in [1.54, 1.807) is 0 Å². The van der Waals surface area contributed by atoms with E-state index in [-0.39, 0.29) is 0 Å². The van der Waals surface area contributed by atoms with E-state index in [1.165, 1.54) is 64.2 Å². The van der Waals surface area contributed by atoms with E-state index in [1.807, 2.05) is 0 Å². The molecule has 0 spiro atoms. The van der Waals surface area contributed by atoms with Crippen LogP contribution < -0.4 is 0 Å². The summed E-state index contributed by atoms with van der Waals surface area (Å²) < 4.78 is 0. The fourth-order valence-corrected chi connectivity index (χ4v) is 2.48. The number of hydrogen-bond acceptors (Lipinski definition) is 4. The van der Waals surface area contributed by atoms with Gasteiger partial charge in [-0.25, -0.2) is 19.4 Å². The summed E-state index contributed by atoms with van der Waals surface area (Å²) in [5, 5.41) is 27.9. The predicted molar refractivity (Wildman–Crippen MR) is 77.2 cm³/mol. The van der Waals surface area contributed by atoms with Crippen LogP contribution in [0.5, 0.6) is 0 Å². The maximum atomic E-state index is 8.56. The summed E-state index contributed by atoms with van der Waals surface area (Å²) >= 11 is 0. The lowest BCUT2D eigenvalue weighted by molar-refractivity contribution is -0.358. The monoisotopic (exact) mass is 322 g/mol. The average Bonchev–Trinajstić information content (AvgIpc) is 2.46. The van der Waals surface area contributed by atoms with Gasteiger partial charge in [0.25, 0.3) is 0 Å². The molecule has 2 saturated carbocycles. The zero-order valence-electron chi connectivity index (χ0n) is 12.6. The van der Waals surface area contributed by atoms with Gasteiger partial charge in [-0.3, -0.25) is 0 Å². The van der Waals surface area contributed by atoms with Crippen LogP contribution in [-0.2, 0) is 9.78 Å². The molecule has 0 amide bonds. The van der Waals surface area contributed by atoms with Crippen LogP contribution in [0.2, 0.25) is 0 Å². The quantitative estimate of drug-likeness (QED) is 0.451. The molecule has 0 bridgehead atoms. The largest absolute Gasteiger partial charge is 0.503 e. The maximum Gasteiger partial charge on any atom is 0.503 e. The Balaban J connectivity index is 0.000000464. The molecule has 0 saturated heterocycles. The van der Waals surface area contributed by atoms with Crippen molar-refractivity contribution < 1.29 is 39.8 Å². The molecule has 22 heavy (non-hydrogen) atoms. The van der Waals surface area contributed by atoms with Crippen molar-refractivity contribution in [2.75, 3.05) is 0 Å². The van der Waals surface area contributed by atoms with Crippen LogP contribution in [-0.4, -0.2) is 44.9 Å². The van der Waals surface area contributed by atoms with Gasteiger partial charge in [0.1, 0.15) is 0 Å². The number of rotatable bonds is 3. The van der Waals surface area contributed by atoms with E-state index in [4.69, 9.17) is 39.8 Å². The molecule has 2 fully saturated rings. The number of carbonyl (C=O) groups is 2. The first kappa shape index (κ1) is 20.5. The molecular weight excluding hydrogens is 296 g/mol. The van der Waals surface area contributed by atoms with Gasteiger partial charge < -0.3 is 20.4 Å². The molecule has 8 nitrogen and oxygen atoms in total. The third-order valence-electron chi connectivity index (χ3n) is 3.43. The van der Waals surface area contributed by atoms with Gasteiger partial charge in [0.2, 0.25) is 0 Å². The zero-order valence-corrected chi connectivity index (χ0v) is 12.6. The topological polar surface area (TPSA) is 134 Å². The van der Waals surface area contributed by atoms with E-state index in [2.05, 4.69) is 0 Å². The Morgan fingerprint density at radius 3 is 1.05 bits per heavy atom. The summed E-state index contributed by atoms with van der Waals surface area (Å²) in [5.41, 5.74) is 0. The van der Waals surface area contributed by atoms with Crippen molar-refractivity contribution in [3.8, 4) is 0 Å². The molecule has 0 heterocycles. The summed E-state index contributed by atoms with van der Waals surface area (Å²) in [6.07, 6.45) is 9.96. The van der Waals surface area contributed by atoms with Crippen molar-refractivity contribution >= 4 is 12.3 Å². The molecule has 0 aromatic heterocycles. The van der Waals surface area contributed by atoms with Crippen LogP contribution in [0.25, 0.3) is 0 Å². The Morgan fingerprint density at radius 2 is 0.818 bits per heavy atom. The van der Waals surface area contributed by atoms with E-state index < -0.39 is 12.3 Å². The van der Waals surface area contributed by atoms with Gasteiger partial charge in [0, 0.05) is 0 Å². The number of carboxylic acid groups (broad SMARTS) is 4. The van der Waals surface area contributed by atoms with Gasteiger partial charge in [-0.05, 0) is 25.7 Å². The Hall–Kier alpha value is -1.54. The first-order valence-corrected chi connectivity index (χ1v) is 7.57. The van der Waals surface area contributed by atoms with Crippen LogP contribution in [0.15, 0.2) is 0 Å². The van der Waals surface area contributed by atoms with E-state index in [9.17, 15) is 0 Å². The van der Waals surface area contributed by atoms with Crippen molar-refractivity contribution in [1.29, 1.82) is 0 Å². The molecule has 0 aromatic carbocycles.